The van der Waals surface area contributed by atoms with Crippen molar-refractivity contribution in [3.8, 4) is 5.75 Å². The lowest BCUT2D eigenvalue weighted by Gasteiger charge is -2.10. The predicted octanol–water partition coefficient (Wildman–Crippen LogP) is 4.93. The van der Waals surface area contributed by atoms with Crippen molar-refractivity contribution in [3.05, 3.63) is 78.4 Å². The number of methoxy groups -OCH3 is 1. The van der Waals surface area contributed by atoms with E-state index in [1.807, 2.05) is 31.2 Å². The molecular weight excluding hydrogens is 432 g/mol. The van der Waals surface area contributed by atoms with Gasteiger partial charge >= 0.3 is 0 Å². The van der Waals surface area contributed by atoms with Crippen molar-refractivity contribution in [2.24, 2.45) is 0 Å². The average molecular weight is 457 g/mol. The van der Waals surface area contributed by atoms with Crippen LogP contribution in [0, 0.1) is 6.92 Å². The van der Waals surface area contributed by atoms with Crippen LogP contribution < -0.4 is 14.8 Å². The molecule has 3 aromatic rings. The standard InChI is InChI=1S/C23H24N2O4S2/c1-17-6-10-21(11-7-17)30-15-14-23(26)24-18-8-12-22(13-9-18)31(27,28)25-19-4-3-5-20(16-19)29-2/h3-13,16,25H,14-15H2,1-2H3,(H,24,26). The predicted molar refractivity (Wildman–Crippen MR) is 125 cm³/mol. The normalized spacial score (nSPS) is 11.0. The highest BCUT2D eigenvalue weighted by Gasteiger charge is 2.15. The minimum absolute atomic E-state index is 0.100. The molecule has 31 heavy (non-hydrogen) atoms. The Morgan fingerprint density at radius 1 is 0.968 bits per heavy atom. The molecule has 0 heterocycles. The van der Waals surface area contributed by atoms with E-state index < -0.39 is 10.0 Å². The second-order valence-corrected chi connectivity index (χ2v) is 9.67. The Morgan fingerprint density at radius 3 is 2.35 bits per heavy atom. The summed E-state index contributed by atoms with van der Waals surface area (Å²) in [6.07, 6.45) is 0.357. The molecule has 0 fully saturated rings. The number of ether oxygens (including phenoxy) is 1. The number of hydrogen-bond donors (Lipinski definition) is 2. The topological polar surface area (TPSA) is 84.5 Å². The molecule has 0 aromatic heterocycles. The quantitative estimate of drug-likeness (QED) is 0.446. The Morgan fingerprint density at radius 2 is 1.68 bits per heavy atom. The van der Waals surface area contributed by atoms with Gasteiger partial charge in [-0.3, -0.25) is 9.52 Å². The van der Waals surface area contributed by atoms with Crippen molar-refractivity contribution in [1.82, 2.24) is 0 Å². The fraction of sp³-hybridized carbons (Fsp3) is 0.174. The van der Waals surface area contributed by atoms with E-state index in [-0.39, 0.29) is 10.8 Å². The van der Waals surface area contributed by atoms with Crippen LogP contribution in [0.5, 0.6) is 5.75 Å². The summed E-state index contributed by atoms with van der Waals surface area (Å²) in [5, 5.41) is 2.80. The largest absolute Gasteiger partial charge is 0.497 e. The van der Waals surface area contributed by atoms with E-state index in [1.54, 1.807) is 48.2 Å². The van der Waals surface area contributed by atoms with Crippen LogP contribution in [0.25, 0.3) is 0 Å². The van der Waals surface area contributed by atoms with Gasteiger partial charge in [0.1, 0.15) is 5.75 Å². The molecule has 0 saturated carbocycles. The number of thioether (sulfide) groups is 1. The van der Waals surface area contributed by atoms with Gasteiger partial charge in [-0.1, -0.05) is 23.8 Å². The first kappa shape index (κ1) is 22.7. The smallest absolute Gasteiger partial charge is 0.261 e. The average Bonchev–Trinajstić information content (AvgIpc) is 2.75. The fourth-order valence-electron chi connectivity index (χ4n) is 2.74. The van der Waals surface area contributed by atoms with Gasteiger partial charge in [0.25, 0.3) is 10.0 Å². The molecule has 3 aromatic carbocycles. The number of carbonyl (C=O) groups is 1. The third-order valence-corrected chi connectivity index (χ3v) is 6.80. The summed E-state index contributed by atoms with van der Waals surface area (Å²) in [5.41, 5.74) is 2.15. The molecule has 0 aliphatic heterocycles. The minimum atomic E-state index is -3.75. The maximum absolute atomic E-state index is 12.6. The molecule has 6 nitrogen and oxygen atoms in total. The van der Waals surface area contributed by atoms with Crippen molar-refractivity contribution in [2.45, 2.75) is 23.1 Å². The van der Waals surface area contributed by atoms with E-state index >= 15 is 0 Å². The Balaban J connectivity index is 1.53. The van der Waals surface area contributed by atoms with Gasteiger partial charge in [-0.25, -0.2) is 8.42 Å². The van der Waals surface area contributed by atoms with Gasteiger partial charge in [-0.15, -0.1) is 11.8 Å². The lowest BCUT2D eigenvalue weighted by atomic mass is 10.2. The molecule has 0 aliphatic rings. The van der Waals surface area contributed by atoms with Crippen LogP contribution >= 0.6 is 11.8 Å². The Hall–Kier alpha value is -2.97. The first-order valence-corrected chi connectivity index (χ1v) is 12.1. The van der Waals surface area contributed by atoms with Crippen LogP contribution in [0.15, 0.2) is 82.6 Å². The highest BCUT2D eigenvalue weighted by atomic mass is 32.2. The first-order valence-electron chi connectivity index (χ1n) is 9.62. The fourth-order valence-corrected chi connectivity index (χ4v) is 4.64. The molecule has 0 unspecified atom stereocenters. The molecule has 8 heteroatoms. The number of hydrogen-bond acceptors (Lipinski definition) is 5. The van der Waals surface area contributed by atoms with Crippen LogP contribution in [0.3, 0.4) is 0 Å². The van der Waals surface area contributed by atoms with E-state index in [0.29, 0.717) is 29.3 Å². The van der Waals surface area contributed by atoms with Gasteiger partial charge in [0.2, 0.25) is 5.91 Å². The number of sulfonamides is 1. The highest BCUT2D eigenvalue weighted by Crippen LogP contribution is 2.22. The Bertz CT molecular complexity index is 1130. The summed E-state index contributed by atoms with van der Waals surface area (Å²) >= 11 is 1.62. The van der Waals surface area contributed by atoms with Gasteiger partial charge < -0.3 is 10.1 Å². The first-order chi connectivity index (χ1) is 14.9. The second-order valence-electron chi connectivity index (χ2n) is 6.82. The molecule has 0 bridgehead atoms. The number of amides is 1. The molecule has 0 aliphatic carbocycles. The van der Waals surface area contributed by atoms with Crippen LogP contribution in [-0.4, -0.2) is 27.2 Å². The van der Waals surface area contributed by atoms with Gasteiger partial charge in [-0.2, -0.15) is 0 Å². The van der Waals surface area contributed by atoms with E-state index in [9.17, 15) is 13.2 Å². The molecule has 1 amide bonds. The van der Waals surface area contributed by atoms with Crippen LogP contribution in [0.1, 0.15) is 12.0 Å². The lowest BCUT2D eigenvalue weighted by Crippen LogP contribution is -2.14. The molecule has 2 N–H and O–H groups in total. The monoisotopic (exact) mass is 456 g/mol. The van der Waals surface area contributed by atoms with Gasteiger partial charge in [0, 0.05) is 28.8 Å². The van der Waals surface area contributed by atoms with Crippen molar-refractivity contribution in [1.29, 1.82) is 0 Å². The van der Waals surface area contributed by atoms with E-state index in [2.05, 4.69) is 10.0 Å². The van der Waals surface area contributed by atoms with E-state index in [0.717, 1.165) is 4.90 Å². The summed E-state index contributed by atoms with van der Waals surface area (Å²) in [5.74, 6) is 1.09. The maximum Gasteiger partial charge on any atom is 0.261 e. The zero-order valence-corrected chi connectivity index (χ0v) is 18.9. The number of aryl methyl sites for hydroxylation is 1. The van der Waals surface area contributed by atoms with E-state index in [1.165, 1.54) is 24.8 Å². The molecule has 0 atom stereocenters. The number of rotatable bonds is 9. The van der Waals surface area contributed by atoms with Gasteiger partial charge in [0.05, 0.1) is 17.7 Å². The minimum Gasteiger partial charge on any atom is -0.497 e. The summed E-state index contributed by atoms with van der Waals surface area (Å²) in [4.78, 5) is 13.4. The SMILES string of the molecule is COc1cccc(NS(=O)(=O)c2ccc(NC(=O)CCSc3ccc(C)cc3)cc2)c1. The third kappa shape index (κ3) is 6.77. The Kier molecular flexibility index (Phi) is 7.59. The second kappa shape index (κ2) is 10.4. The van der Waals surface area contributed by atoms with Crippen molar-refractivity contribution in [2.75, 3.05) is 22.9 Å². The molecule has 0 radical (unpaired) electrons. The maximum atomic E-state index is 12.6. The van der Waals surface area contributed by atoms with Gasteiger partial charge in [0.15, 0.2) is 0 Å². The lowest BCUT2D eigenvalue weighted by molar-refractivity contribution is -0.115. The van der Waals surface area contributed by atoms with Crippen molar-refractivity contribution >= 4 is 39.1 Å². The van der Waals surface area contributed by atoms with Crippen LogP contribution in [0.4, 0.5) is 11.4 Å². The molecule has 0 saturated heterocycles. The highest BCUT2D eigenvalue weighted by molar-refractivity contribution is 7.99. The Labute approximate surface area is 187 Å². The van der Waals surface area contributed by atoms with Crippen LogP contribution in [-0.2, 0) is 14.8 Å². The summed E-state index contributed by atoms with van der Waals surface area (Å²) in [6.45, 7) is 2.04. The van der Waals surface area contributed by atoms with Crippen molar-refractivity contribution in [3.63, 3.8) is 0 Å². The zero-order chi connectivity index (χ0) is 22.3. The molecule has 0 spiro atoms. The molecule has 162 valence electrons. The number of benzene rings is 3. The third-order valence-electron chi connectivity index (χ3n) is 4.39. The van der Waals surface area contributed by atoms with E-state index in [4.69, 9.17) is 4.74 Å². The number of anilines is 2. The molecule has 3 rings (SSSR count). The number of carbonyl (C=O) groups excluding carboxylic acids is 1. The summed E-state index contributed by atoms with van der Waals surface area (Å²) in [6, 6.07) is 20.9. The van der Waals surface area contributed by atoms with Crippen LogP contribution in [0.2, 0.25) is 0 Å². The van der Waals surface area contributed by atoms with Crippen molar-refractivity contribution < 1.29 is 17.9 Å². The summed E-state index contributed by atoms with van der Waals surface area (Å²) in [7, 11) is -2.24. The number of nitrogens with one attached hydrogen (secondary N) is 2. The van der Waals surface area contributed by atoms with Gasteiger partial charge in [-0.05, 0) is 55.5 Å². The summed E-state index contributed by atoms with van der Waals surface area (Å²) < 4.78 is 32.8. The molecular formula is C23H24N2O4S2. The zero-order valence-electron chi connectivity index (χ0n) is 17.3.